The summed E-state index contributed by atoms with van der Waals surface area (Å²) in [6, 6.07) is 11.1. The number of hydrogen-bond acceptors (Lipinski definition) is 4. The zero-order chi connectivity index (χ0) is 22.6. The summed E-state index contributed by atoms with van der Waals surface area (Å²) in [4.78, 5) is 14.3. The molecular formula is C23H27F3N4O. The minimum atomic E-state index is -4.51. The van der Waals surface area contributed by atoms with Gasteiger partial charge < -0.3 is 20.9 Å². The van der Waals surface area contributed by atoms with Gasteiger partial charge in [-0.15, -0.1) is 0 Å². The average molecular weight is 432 g/mol. The van der Waals surface area contributed by atoms with Crippen LogP contribution in [0.15, 0.2) is 48.7 Å². The molecule has 0 radical (unpaired) electrons. The maximum Gasteiger partial charge on any atom is 0.418 e. The highest BCUT2D eigenvalue weighted by Gasteiger charge is 2.34. The fraction of sp³-hybridized carbons (Fsp3) is 0.348. The number of likely N-dealkylation sites (N-methyl/N-ethyl adjacent to an activating group) is 1. The van der Waals surface area contributed by atoms with Crippen LogP contribution >= 0.6 is 0 Å². The molecule has 8 heteroatoms. The van der Waals surface area contributed by atoms with E-state index in [4.69, 9.17) is 0 Å². The molecule has 1 aliphatic heterocycles. The first-order valence-corrected chi connectivity index (χ1v) is 10.3. The Bertz CT molecular complexity index is 968. The molecule has 31 heavy (non-hydrogen) atoms. The van der Waals surface area contributed by atoms with Crippen LogP contribution in [0.25, 0.3) is 5.57 Å². The van der Waals surface area contributed by atoms with Crippen molar-refractivity contribution in [3.8, 4) is 0 Å². The van der Waals surface area contributed by atoms with E-state index in [-0.39, 0.29) is 23.3 Å². The highest BCUT2D eigenvalue weighted by atomic mass is 19.4. The lowest BCUT2D eigenvalue weighted by atomic mass is 10.1. The Balaban J connectivity index is 1.81. The number of amides is 1. The van der Waals surface area contributed by atoms with Gasteiger partial charge in [-0.3, -0.25) is 4.79 Å². The van der Waals surface area contributed by atoms with Gasteiger partial charge in [-0.1, -0.05) is 32.0 Å². The van der Waals surface area contributed by atoms with Gasteiger partial charge in [0.2, 0.25) is 0 Å². The zero-order valence-corrected chi connectivity index (χ0v) is 17.8. The fourth-order valence-electron chi connectivity index (χ4n) is 3.61. The van der Waals surface area contributed by atoms with E-state index in [1.54, 1.807) is 30.3 Å². The molecule has 1 aliphatic rings. The van der Waals surface area contributed by atoms with E-state index < -0.39 is 11.7 Å². The molecule has 2 aromatic carbocycles. The van der Waals surface area contributed by atoms with Gasteiger partial charge in [-0.25, -0.2) is 0 Å². The van der Waals surface area contributed by atoms with Gasteiger partial charge >= 0.3 is 6.18 Å². The lowest BCUT2D eigenvalue weighted by Crippen LogP contribution is -2.35. The first-order valence-electron chi connectivity index (χ1n) is 10.3. The molecule has 166 valence electrons. The molecule has 1 atom stereocenters. The van der Waals surface area contributed by atoms with Crippen LogP contribution in [0, 0.1) is 0 Å². The third kappa shape index (κ3) is 5.38. The second-order valence-electron chi connectivity index (χ2n) is 7.49. The molecule has 2 aromatic rings. The predicted molar refractivity (Wildman–Crippen MR) is 119 cm³/mol. The summed E-state index contributed by atoms with van der Waals surface area (Å²) in [5.41, 5.74) is 1.30. The number of hydrogen-bond donors (Lipinski definition) is 3. The molecule has 0 spiro atoms. The Kier molecular flexibility index (Phi) is 6.90. The Hall–Kier alpha value is -3.00. The van der Waals surface area contributed by atoms with Crippen LogP contribution in [0.1, 0.15) is 31.9 Å². The predicted octanol–water partition coefficient (Wildman–Crippen LogP) is 5.25. The molecule has 0 saturated heterocycles. The van der Waals surface area contributed by atoms with E-state index in [9.17, 15) is 18.0 Å². The van der Waals surface area contributed by atoms with Crippen LogP contribution in [0.3, 0.4) is 0 Å². The third-order valence-electron chi connectivity index (χ3n) is 5.25. The van der Waals surface area contributed by atoms with Gasteiger partial charge in [-0.2, -0.15) is 13.2 Å². The van der Waals surface area contributed by atoms with E-state index in [1.165, 1.54) is 12.3 Å². The first kappa shape index (κ1) is 22.7. The highest BCUT2D eigenvalue weighted by molar-refractivity contribution is 6.31. The molecule has 3 rings (SSSR count). The van der Waals surface area contributed by atoms with Gasteiger partial charge in [0.1, 0.15) is 0 Å². The Morgan fingerprint density at radius 1 is 1.13 bits per heavy atom. The monoisotopic (exact) mass is 432 g/mol. The van der Waals surface area contributed by atoms with E-state index in [1.807, 2.05) is 20.8 Å². The molecule has 0 fully saturated rings. The lowest BCUT2D eigenvalue weighted by molar-refractivity contribution is -0.137. The quantitative estimate of drug-likeness (QED) is 0.499. The molecule has 5 nitrogen and oxygen atoms in total. The number of anilines is 3. The van der Waals surface area contributed by atoms with E-state index in [0.29, 0.717) is 23.4 Å². The highest BCUT2D eigenvalue weighted by Crippen LogP contribution is 2.37. The van der Waals surface area contributed by atoms with E-state index in [0.717, 1.165) is 19.2 Å². The van der Waals surface area contributed by atoms with E-state index >= 15 is 0 Å². The number of nitrogens with one attached hydrogen (secondary N) is 3. The molecule has 0 bridgehead atoms. The van der Waals surface area contributed by atoms with Crippen molar-refractivity contribution in [3.05, 3.63) is 59.8 Å². The zero-order valence-electron chi connectivity index (χ0n) is 17.8. The van der Waals surface area contributed by atoms with Crippen LogP contribution in [0.5, 0.6) is 0 Å². The van der Waals surface area contributed by atoms with Crippen LogP contribution in [0.2, 0.25) is 0 Å². The van der Waals surface area contributed by atoms with Crippen molar-refractivity contribution >= 4 is 28.5 Å². The van der Waals surface area contributed by atoms with Gasteiger partial charge in [-0.05, 0) is 44.3 Å². The summed E-state index contributed by atoms with van der Waals surface area (Å²) >= 11 is 0. The summed E-state index contributed by atoms with van der Waals surface area (Å²) in [5.74, 6) is -0.298. The topological polar surface area (TPSA) is 56.4 Å². The SMILES string of the molecule is CCN(CC)CC(C)Nc1ccc(N/C=C2/C(=O)Nc3ccccc32)cc1C(F)(F)F. The molecule has 3 N–H and O–H groups in total. The fourth-order valence-corrected chi connectivity index (χ4v) is 3.61. The number of benzene rings is 2. The van der Waals surface area contributed by atoms with Crippen molar-refractivity contribution in [1.29, 1.82) is 0 Å². The van der Waals surface area contributed by atoms with Crippen molar-refractivity contribution in [2.75, 3.05) is 35.6 Å². The van der Waals surface area contributed by atoms with Gasteiger partial charge in [0.15, 0.2) is 0 Å². The summed E-state index contributed by atoms with van der Waals surface area (Å²) < 4.78 is 41.1. The summed E-state index contributed by atoms with van der Waals surface area (Å²) in [5, 5.41) is 8.57. The number of carbonyl (C=O) groups excluding carboxylic acids is 1. The van der Waals surface area contributed by atoms with Crippen molar-refractivity contribution in [1.82, 2.24) is 4.90 Å². The maximum atomic E-state index is 13.7. The number of nitrogens with zero attached hydrogens (tertiary/aromatic N) is 1. The van der Waals surface area contributed by atoms with Crippen LogP contribution in [0.4, 0.5) is 30.2 Å². The molecule has 1 unspecified atom stereocenters. The Morgan fingerprint density at radius 3 is 2.52 bits per heavy atom. The normalized spacial score (nSPS) is 15.7. The van der Waals surface area contributed by atoms with Gasteiger partial charge in [0.05, 0.1) is 11.1 Å². The molecule has 0 saturated carbocycles. The smallest absolute Gasteiger partial charge is 0.381 e. The number of alkyl halides is 3. The summed E-state index contributed by atoms with van der Waals surface area (Å²) in [6.45, 7) is 8.23. The standard InChI is InChI=1S/C23H27F3N4O/c1-4-30(5-2)14-15(3)28-21-11-10-16(12-19(21)23(24,25)26)27-13-18-17-8-6-7-9-20(17)29-22(18)31/h6-13,15,27-28H,4-5,14H2,1-3H3,(H,29,31)/b18-13+. The average Bonchev–Trinajstić information content (AvgIpc) is 3.05. The summed E-state index contributed by atoms with van der Waals surface area (Å²) in [7, 11) is 0. The maximum absolute atomic E-state index is 13.7. The molecule has 1 heterocycles. The van der Waals surface area contributed by atoms with Crippen LogP contribution < -0.4 is 16.0 Å². The Labute approximate surface area is 180 Å². The summed E-state index contributed by atoms with van der Waals surface area (Å²) in [6.07, 6.45) is -3.08. The number of halogens is 3. The largest absolute Gasteiger partial charge is 0.418 e. The van der Waals surface area contributed by atoms with Crippen molar-refractivity contribution in [2.24, 2.45) is 0 Å². The van der Waals surface area contributed by atoms with Crippen molar-refractivity contribution in [2.45, 2.75) is 33.0 Å². The van der Waals surface area contributed by atoms with Crippen molar-refractivity contribution < 1.29 is 18.0 Å². The molecule has 1 amide bonds. The molecule has 0 aromatic heterocycles. The Morgan fingerprint density at radius 2 is 1.84 bits per heavy atom. The number of carbonyl (C=O) groups is 1. The number of fused-ring (bicyclic) bond motifs is 1. The second-order valence-corrected chi connectivity index (χ2v) is 7.49. The van der Waals surface area contributed by atoms with Gasteiger partial charge in [0.25, 0.3) is 5.91 Å². The van der Waals surface area contributed by atoms with Crippen LogP contribution in [-0.2, 0) is 11.0 Å². The lowest BCUT2D eigenvalue weighted by Gasteiger charge is -2.25. The first-order chi connectivity index (χ1) is 14.7. The molecular weight excluding hydrogens is 405 g/mol. The minimum absolute atomic E-state index is 0.0364. The second kappa shape index (κ2) is 9.43. The number of para-hydroxylation sites is 1. The van der Waals surface area contributed by atoms with E-state index in [2.05, 4.69) is 20.9 Å². The third-order valence-corrected chi connectivity index (χ3v) is 5.25. The van der Waals surface area contributed by atoms with Crippen molar-refractivity contribution in [3.63, 3.8) is 0 Å². The minimum Gasteiger partial charge on any atom is -0.381 e. The molecule has 0 aliphatic carbocycles. The number of rotatable bonds is 8. The van der Waals surface area contributed by atoms with Crippen LogP contribution in [-0.4, -0.2) is 36.5 Å². The van der Waals surface area contributed by atoms with Gasteiger partial charge in [0, 0.05) is 41.4 Å².